The zero-order chi connectivity index (χ0) is 25.9. The van der Waals surface area contributed by atoms with E-state index in [4.69, 9.17) is 14.2 Å². The van der Waals surface area contributed by atoms with Gasteiger partial charge in [-0.3, -0.25) is 9.59 Å². The Labute approximate surface area is 214 Å². The van der Waals surface area contributed by atoms with Gasteiger partial charge in [-0.15, -0.1) is 0 Å². The minimum absolute atomic E-state index is 0.0222. The van der Waals surface area contributed by atoms with Crippen molar-refractivity contribution in [1.29, 1.82) is 5.26 Å². The fourth-order valence-electron chi connectivity index (χ4n) is 6.51. The van der Waals surface area contributed by atoms with Crippen molar-refractivity contribution in [3.8, 4) is 23.3 Å². The van der Waals surface area contributed by atoms with E-state index >= 15 is 0 Å². The number of hydrogen-bond donors (Lipinski definition) is 1. The van der Waals surface area contributed by atoms with E-state index < -0.39 is 23.0 Å². The third-order valence-corrected chi connectivity index (χ3v) is 8.17. The Morgan fingerprint density at radius 3 is 2.62 bits per heavy atom. The molecule has 0 spiro atoms. The van der Waals surface area contributed by atoms with Gasteiger partial charge in [-0.1, -0.05) is 30.3 Å². The monoisotopic (exact) mass is 498 g/mol. The summed E-state index contributed by atoms with van der Waals surface area (Å²) in [6, 6.07) is 17.8. The highest BCUT2D eigenvalue weighted by Crippen LogP contribution is 2.62. The summed E-state index contributed by atoms with van der Waals surface area (Å²) in [4.78, 5) is 28.9. The molecule has 0 saturated carbocycles. The fourth-order valence-corrected chi connectivity index (χ4v) is 6.51. The zero-order valence-corrected chi connectivity index (χ0v) is 20.6. The first-order chi connectivity index (χ1) is 17.8. The first kappa shape index (κ1) is 23.3. The van der Waals surface area contributed by atoms with Crippen LogP contribution in [0.2, 0.25) is 0 Å². The van der Waals surface area contributed by atoms with Gasteiger partial charge in [0.2, 0.25) is 11.8 Å². The summed E-state index contributed by atoms with van der Waals surface area (Å²) in [5.41, 5.74) is -0.963. The predicted molar refractivity (Wildman–Crippen MR) is 134 cm³/mol. The normalized spacial score (nSPS) is 28.0. The number of fused-ring (bicyclic) bond motifs is 6. The van der Waals surface area contributed by atoms with Crippen LogP contribution in [-0.4, -0.2) is 41.8 Å². The molecule has 4 unspecified atom stereocenters. The van der Waals surface area contributed by atoms with Crippen LogP contribution in [0.3, 0.4) is 0 Å². The molecular formula is C29H26N2O6. The molecule has 37 heavy (non-hydrogen) atoms. The maximum atomic E-state index is 13.9. The van der Waals surface area contributed by atoms with Crippen LogP contribution in [0.25, 0.3) is 10.8 Å². The number of hydrogen-bond acceptors (Lipinski definition) is 7. The number of anilines is 1. The van der Waals surface area contributed by atoms with E-state index in [-0.39, 0.29) is 24.2 Å². The third kappa shape index (κ3) is 3.38. The molecule has 3 saturated heterocycles. The number of benzene rings is 3. The number of nitriles is 1. The molecule has 2 amide bonds. The first-order valence-corrected chi connectivity index (χ1v) is 12.3. The van der Waals surface area contributed by atoms with Crippen LogP contribution in [0, 0.1) is 23.2 Å². The average Bonchev–Trinajstić information content (AvgIpc) is 3.47. The second kappa shape index (κ2) is 8.22. The molecule has 3 aliphatic heterocycles. The second-order valence-corrected chi connectivity index (χ2v) is 10.2. The highest BCUT2D eigenvalue weighted by Gasteiger charge is 2.74. The quantitative estimate of drug-likeness (QED) is 0.504. The van der Waals surface area contributed by atoms with Crippen LogP contribution < -0.4 is 14.4 Å². The van der Waals surface area contributed by atoms with E-state index in [0.29, 0.717) is 47.4 Å². The minimum Gasteiger partial charge on any atom is -0.508 e. The number of imide groups is 1. The van der Waals surface area contributed by atoms with Gasteiger partial charge < -0.3 is 19.3 Å². The van der Waals surface area contributed by atoms with Crippen LogP contribution in [0.5, 0.6) is 17.2 Å². The lowest BCUT2D eigenvalue weighted by atomic mass is 9.67. The lowest BCUT2D eigenvalue weighted by Crippen LogP contribution is -2.43. The molecule has 3 aromatic carbocycles. The van der Waals surface area contributed by atoms with Crippen LogP contribution >= 0.6 is 0 Å². The molecule has 188 valence electrons. The van der Waals surface area contributed by atoms with Crippen molar-refractivity contribution in [2.45, 2.75) is 37.4 Å². The van der Waals surface area contributed by atoms with Crippen molar-refractivity contribution < 1.29 is 28.9 Å². The van der Waals surface area contributed by atoms with Gasteiger partial charge in [0.1, 0.15) is 23.3 Å². The van der Waals surface area contributed by atoms with E-state index in [9.17, 15) is 20.0 Å². The Bertz CT molecular complexity index is 1500. The Morgan fingerprint density at radius 2 is 1.84 bits per heavy atom. The van der Waals surface area contributed by atoms with Gasteiger partial charge in [0.25, 0.3) is 0 Å². The molecule has 6 rings (SSSR count). The Balaban J connectivity index is 1.31. The Morgan fingerprint density at radius 1 is 1.08 bits per heavy atom. The number of carbonyl (C=O) groups is 2. The molecule has 1 N–H and O–H groups in total. The summed E-state index contributed by atoms with van der Waals surface area (Å²) in [7, 11) is 1.51. The molecule has 3 heterocycles. The lowest BCUT2D eigenvalue weighted by molar-refractivity contribution is -0.131. The third-order valence-electron chi connectivity index (χ3n) is 8.17. The van der Waals surface area contributed by atoms with Crippen molar-refractivity contribution in [2.75, 3.05) is 18.6 Å². The number of aromatic hydroxyl groups is 1. The number of methoxy groups -OCH3 is 1. The van der Waals surface area contributed by atoms with E-state index in [2.05, 4.69) is 6.07 Å². The van der Waals surface area contributed by atoms with E-state index in [1.807, 2.05) is 37.3 Å². The molecule has 4 atom stereocenters. The van der Waals surface area contributed by atoms with Gasteiger partial charge >= 0.3 is 0 Å². The van der Waals surface area contributed by atoms with Crippen molar-refractivity contribution in [3.05, 3.63) is 60.2 Å². The first-order valence-electron chi connectivity index (χ1n) is 12.3. The van der Waals surface area contributed by atoms with Crippen molar-refractivity contribution in [1.82, 2.24) is 0 Å². The largest absolute Gasteiger partial charge is 0.508 e. The smallest absolute Gasteiger partial charge is 0.240 e. The van der Waals surface area contributed by atoms with Crippen molar-refractivity contribution in [2.24, 2.45) is 11.8 Å². The van der Waals surface area contributed by atoms with Gasteiger partial charge in [0.05, 0.1) is 48.0 Å². The zero-order valence-electron chi connectivity index (χ0n) is 20.6. The summed E-state index contributed by atoms with van der Waals surface area (Å²) in [5, 5.41) is 21.5. The average molecular weight is 499 g/mol. The molecular weight excluding hydrogens is 472 g/mol. The second-order valence-electron chi connectivity index (χ2n) is 10.2. The molecule has 0 radical (unpaired) electrons. The van der Waals surface area contributed by atoms with E-state index in [1.54, 1.807) is 12.1 Å². The van der Waals surface area contributed by atoms with Crippen LogP contribution in [0.4, 0.5) is 5.69 Å². The molecule has 3 aliphatic rings. The number of ether oxygens (including phenoxy) is 3. The summed E-state index contributed by atoms with van der Waals surface area (Å²) < 4.78 is 17.6. The predicted octanol–water partition coefficient (Wildman–Crippen LogP) is 4.32. The number of phenols is 1. The van der Waals surface area contributed by atoms with Crippen LogP contribution in [-0.2, 0) is 14.3 Å². The van der Waals surface area contributed by atoms with Crippen LogP contribution in [0.15, 0.2) is 54.6 Å². The Kier molecular flexibility index (Phi) is 5.18. The number of nitrogens with zero attached hydrogens (tertiary/aromatic N) is 2. The number of rotatable bonds is 6. The summed E-state index contributed by atoms with van der Waals surface area (Å²) >= 11 is 0. The van der Waals surface area contributed by atoms with Crippen LogP contribution in [0.1, 0.15) is 31.7 Å². The SMILES string of the molecule is COc1cc(O)cc(OCCC23CCC(C)(O2)C2C(=O)N(c4ccc5ccccc5c4C#N)C(=O)C23)c1. The molecule has 0 aliphatic carbocycles. The maximum absolute atomic E-state index is 13.9. The molecule has 3 aromatic rings. The summed E-state index contributed by atoms with van der Waals surface area (Å²) in [6.45, 7) is 2.13. The summed E-state index contributed by atoms with van der Waals surface area (Å²) in [6.07, 6.45) is 1.69. The standard InChI is InChI=1S/C29H26N2O6/c1-28-9-10-29(37-28,11-12-36-20-14-18(32)13-19(15-20)35-2)25-24(28)26(33)31(27(25)34)23-8-7-17-5-3-4-6-21(17)22(23)16-30/h3-8,13-15,24-25,32H,9-12H2,1-2H3. The fraction of sp³-hybridized carbons (Fsp3) is 0.345. The van der Waals surface area contributed by atoms with Crippen molar-refractivity contribution >= 4 is 28.3 Å². The number of phenolic OH excluding ortho intramolecular Hbond substituents is 1. The van der Waals surface area contributed by atoms with Gasteiger partial charge in [0, 0.05) is 30.0 Å². The van der Waals surface area contributed by atoms with Gasteiger partial charge in [0.15, 0.2) is 0 Å². The van der Waals surface area contributed by atoms with Gasteiger partial charge in [-0.25, -0.2) is 4.90 Å². The van der Waals surface area contributed by atoms with E-state index in [0.717, 1.165) is 5.39 Å². The minimum atomic E-state index is -0.842. The van der Waals surface area contributed by atoms with Gasteiger partial charge in [-0.05, 0) is 31.2 Å². The van der Waals surface area contributed by atoms with E-state index in [1.165, 1.54) is 24.1 Å². The summed E-state index contributed by atoms with van der Waals surface area (Å²) in [5.74, 6) is -0.988. The number of carbonyl (C=O) groups excluding carboxylic acids is 2. The highest BCUT2D eigenvalue weighted by atomic mass is 16.5. The lowest BCUT2D eigenvalue weighted by Gasteiger charge is -2.31. The molecule has 8 nitrogen and oxygen atoms in total. The molecule has 2 bridgehead atoms. The Hall–Kier alpha value is -4.09. The van der Waals surface area contributed by atoms with Crippen molar-refractivity contribution in [3.63, 3.8) is 0 Å². The molecule has 3 fully saturated rings. The maximum Gasteiger partial charge on any atom is 0.240 e. The number of amides is 2. The van der Waals surface area contributed by atoms with Gasteiger partial charge in [-0.2, -0.15) is 5.26 Å². The molecule has 0 aromatic heterocycles. The topological polar surface area (TPSA) is 109 Å². The highest BCUT2D eigenvalue weighted by molar-refractivity contribution is 6.24. The molecule has 8 heteroatoms.